The van der Waals surface area contributed by atoms with Gasteiger partial charge in [0.2, 0.25) is 0 Å². The highest BCUT2D eigenvalue weighted by Crippen LogP contribution is 2.24. The number of anilines is 1. The summed E-state index contributed by atoms with van der Waals surface area (Å²) in [6.45, 7) is 2.05. The second-order valence-corrected chi connectivity index (χ2v) is 6.63. The van der Waals surface area contributed by atoms with Crippen molar-refractivity contribution in [2.75, 3.05) is 25.4 Å². The van der Waals surface area contributed by atoms with Crippen LogP contribution in [-0.4, -0.2) is 35.4 Å². The molecule has 1 aliphatic heterocycles. The zero-order valence-electron chi connectivity index (χ0n) is 14.1. The van der Waals surface area contributed by atoms with Gasteiger partial charge in [-0.2, -0.15) is 0 Å². The lowest BCUT2D eigenvalue weighted by Crippen LogP contribution is -2.38. The summed E-state index contributed by atoms with van der Waals surface area (Å²) >= 11 is 0. The van der Waals surface area contributed by atoms with Crippen LogP contribution in [0.25, 0.3) is 0 Å². The van der Waals surface area contributed by atoms with E-state index >= 15 is 0 Å². The predicted molar refractivity (Wildman–Crippen MR) is 95.7 cm³/mol. The van der Waals surface area contributed by atoms with Crippen LogP contribution < -0.4 is 5.73 Å². The molecular weight excluding hydrogens is 319 g/mol. The molecule has 2 aromatic carbocycles. The number of rotatable bonds is 5. The number of Topliss-reactive ketones (excluding diaryl/α,β-unsaturated/α-hetero) is 1. The normalized spacial score (nSPS) is 17.4. The van der Waals surface area contributed by atoms with Gasteiger partial charge in [-0.25, -0.2) is 4.39 Å². The summed E-state index contributed by atoms with van der Waals surface area (Å²) < 4.78 is 13.0. The summed E-state index contributed by atoms with van der Waals surface area (Å²) in [5.41, 5.74) is 7.78. The van der Waals surface area contributed by atoms with Crippen molar-refractivity contribution in [2.24, 2.45) is 5.92 Å². The third-order valence-electron chi connectivity index (χ3n) is 4.81. The number of hydrogen-bond acceptors (Lipinski definition) is 4. The van der Waals surface area contributed by atoms with Gasteiger partial charge in [0, 0.05) is 23.7 Å². The molecule has 1 fully saturated rings. The summed E-state index contributed by atoms with van der Waals surface area (Å²) in [5.74, 6) is -0.288. The number of β-amino-alcohol motifs (C(OH)–C–C–N with tert-alkyl or cyclic N) is 1. The Morgan fingerprint density at radius 2 is 1.88 bits per heavy atom. The van der Waals surface area contributed by atoms with Crippen molar-refractivity contribution < 1.29 is 14.3 Å². The molecule has 0 aliphatic carbocycles. The van der Waals surface area contributed by atoms with Crippen LogP contribution in [0.5, 0.6) is 0 Å². The van der Waals surface area contributed by atoms with Gasteiger partial charge in [-0.05, 0) is 67.9 Å². The van der Waals surface area contributed by atoms with Gasteiger partial charge in [-0.1, -0.05) is 12.1 Å². The quantitative estimate of drug-likeness (QED) is 0.647. The molecule has 0 aromatic heterocycles. The van der Waals surface area contributed by atoms with Gasteiger partial charge in [0.1, 0.15) is 5.82 Å². The Kier molecular flexibility index (Phi) is 5.46. The van der Waals surface area contributed by atoms with Crippen LogP contribution in [0.2, 0.25) is 0 Å². The molecule has 25 heavy (non-hydrogen) atoms. The van der Waals surface area contributed by atoms with E-state index in [1.54, 1.807) is 24.3 Å². The Labute approximate surface area is 147 Å². The van der Waals surface area contributed by atoms with E-state index in [0.29, 0.717) is 17.8 Å². The molecule has 3 rings (SSSR count). The van der Waals surface area contributed by atoms with Crippen LogP contribution in [0.4, 0.5) is 10.1 Å². The Morgan fingerprint density at radius 1 is 1.20 bits per heavy atom. The number of likely N-dealkylation sites (tertiary alicyclic amines) is 1. The van der Waals surface area contributed by atoms with E-state index in [4.69, 9.17) is 5.73 Å². The van der Waals surface area contributed by atoms with E-state index in [2.05, 4.69) is 4.90 Å². The molecule has 132 valence electrons. The van der Waals surface area contributed by atoms with Crippen LogP contribution in [0.1, 0.15) is 34.9 Å². The second kappa shape index (κ2) is 7.76. The molecule has 1 heterocycles. The molecule has 2 aromatic rings. The Balaban J connectivity index is 1.53. The maximum absolute atomic E-state index is 13.0. The first-order chi connectivity index (χ1) is 12.0. The zero-order valence-corrected chi connectivity index (χ0v) is 14.1. The molecular formula is C20H23FN2O2. The van der Waals surface area contributed by atoms with Gasteiger partial charge in [0.15, 0.2) is 5.78 Å². The minimum absolute atomic E-state index is 0.0359. The number of ketones is 1. The second-order valence-electron chi connectivity index (χ2n) is 6.63. The number of nitrogens with zero attached hydrogens (tertiary/aromatic N) is 1. The predicted octanol–water partition coefficient (Wildman–Crippen LogP) is 3.04. The summed E-state index contributed by atoms with van der Waals surface area (Å²) in [5, 5.41) is 10.4. The number of piperidine rings is 1. The molecule has 1 unspecified atom stereocenters. The van der Waals surface area contributed by atoms with Gasteiger partial charge in [0.05, 0.1) is 6.10 Å². The van der Waals surface area contributed by atoms with Crippen molar-refractivity contribution in [3.05, 3.63) is 65.5 Å². The van der Waals surface area contributed by atoms with Crippen molar-refractivity contribution in [1.29, 1.82) is 0 Å². The molecule has 0 amide bonds. The molecule has 5 heteroatoms. The molecule has 3 N–H and O–H groups in total. The molecule has 1 saturated heterocycles. The smallest absolute Gasteiger partial charge is 0.166 e. The molecule has 0 radical (unpaired) electrons. The summed E-state index contributed by atoms with van der Waals surface area (Å²) in [7, 11) is 0. The van der Waals surface area contributed by atoms with Crippen LogP contribution in [-0.2, 0) is 0 Å². The number of hydrogen-bond donors (Lipinski definition) is 2. The van der Waals surface area contributed by atoms with Crippen molar-refractivity contribution in [3.8, 4) is 0 Å². The number of aliphatic hydroxyl groups is 1. The van der Waals surface area contributed by atoms with Gasteiger partial charge in [-0.15, -0.1) is 0 Å². The van der Waals surface area contributed by atoms with Gasteiger partial charge >= 0.3 is 0 Å². The maximum Gasteiger partial charge on any atom is 0.166 e. The van der Waals surface area contributed by atoms with Crippen molar-refractivity contribution >= 4 is 11.5 Å². The van der Waals surface area contributed by atoms with E-state index in [1.165, 1.54) is 12.1 Å². The number of halogens is 1. The van der Waals surface area contributed by atoms with Crippen molar-refractivity contribution in [1.82, 2.24) is 4.90 Å². The van der Waals surface area contributed by atoms with E-state index in [1.807, 2.05) is 12.1 Å². The van der Waals surface area contributed by atoms with E-state index in [9.17, 15) is 14.3 Å². The fraction of sp³-hybridized carbons (Fsp3) is 0.350. The average molecular weight is 342 g/mol. The standard InChI is InChI=1S/C20H23FN2O2/c21-17-6-4-14(5-7-17)20(25)15-8-10-23(11-9-15)13-19(24)16-2-1-3-18(22)12-16/h1-7,12,15,19,24H,8-11,13,22H2. The number of aliphatic hydroxyl groups excluding tert-OH is 1. The Morgan fingerprint density at radius 3 is 2.52 bits per heavy atom. The average Bonchev–Trinajstić information content (AvgIpc) is 2.62. The lowest BCUT2D eigenvalue weighted by Gasteiger charge is -2.32. The number of benzene rings is 2. The van der Waals surface area contributed by atoms with E-state index < -0.39 is 6.10 Å². The number of nitrogens with two attached hydrogens (primary N) is 1. The zero-order chi connectivity index (χ0) is 17.8. The fourth-order valence-corrected chi connectivity index (χ4v) is 3.34. The monoisotopic (exact) mass is 342 g/mol. The lowest BCUT2D eigenvalue weighted by atomic mass is 9.88. The van der Waals surface area contributed by atoms with Gasteiger partial charge < -0.3 is 15.7 Å². The third-order valence-corrected chi connectivity index (χ3v) is 4.81. The van der Waals surface area contributed by atoms with Crippen LogP contribution in [0.15, 0.2) is 48.5 Å². The highest BCUT2D eigenvalue weighted by Gasteiger charge is 2.26. The SMILES string of the molecule is Nc1cccc(C(O)CN2CCC(C(=O)c3ccc(F)cc3)CC2)c1. The summed E-state index contributed by atoms with van der Waals surface area (Å²) in [6, 6.07) is 13.0. The summed E-state index contributed by atoms with van der Waals surface area (Å²) in [6.07, 6.45) is 0.910. The van der Waals surface area contributed by atoms with Gasteiger partial charge in [-0.3, -0.25) is 4.79 Å². The number of carbonyl (C=O) groups excluding carboxylic acids is 1. The highest BCUT2D eigenvalue weighted by atomic mass is 19.1. The van der Waals surface area contributed by atoms with E-state index in [0.717, 1.165) is 31.5 Å². The first kappa shape index (κ1) is 17.6. The van der Waals surface area contributed by atoms with Crippen molar-refractivity contribution in [3.63, 3.8) is 0 Å². The number of nitrogen functional groups attached to an aromatic ring is 1. The van der Waals surface area contributed by atoms with Crippen LogP contribution in [0.3, 0.4) is 0 Å². The van der Waals surface area contributed by atoms with Crippen LogP contribution >= 0.6 is 0 Å². The first-order valence-corrected chi connectivity index (χ1v) is 8.58. The van der Waals surface area contributed by atoms with Gasteiger partial charge in [0.25, 0.3) is 0 Å². The maximum atomic E-state index is 13.0. The largest absolute Gasteiger partial charge is 0.399 e. The molecule has 0 spiro atoms. The first-order valence-electron chi connectivity index (χ1n) is 8.58. The fourth-order valence-electron chi connectivity index (χ4n) is 3.34. The van der Waals surface area contributed by atoms with Crippen LogP contribution in [0, 0.1) is 11.7 Å². The highest BCUT2D eigenvalue weighted by molar-refractivity contribution is 5.97. The Bertz CT molecular complexity index is 725. The minimum Gasteiger partial charge on any atom is -0.399 e. The molecule has 4 nitrogen and oxygen atoms in total. The summed E-state index contributed by atoms with van der Waals surface area (Å²) in [4.78, 5) is 14.7. The topological polar surface area (TPSA) is 66.6 Å². The Hall–Kier alpha value is -2.24. The molecule has 0 bridgehead atoms. The number of carbonyl (C=O) groups is 1. The van der Waals surface area contributed by atoms with E-state index in [-0.39, 0.29) is 17.5 Å². The lowest BCUT2D eigenvalue weighted by molar-refractivity contribution is 0.0727. The molecule has 1 aliphatic rings. The van der Waals surface area contributed by atoms with Crippen molar-refractivity contribution in [2.45, 2.75) is 18.9 Å². The third kappa shape index (κ3) is 4.44. The molecule has 0 saturated carbocycles. The molecule has 1 atom stereocenters. The minimum atomic E-state index is -0.590.